The molecule has 2 rings (SSSR count). The zero-order valence-electron chi connectivity index (χ0n) is 16.1. The maximum atomic E-state index is 12.5. The number of hydroxylamine groups is 1. The number of phenols is 1. The minimum Gasteiger partial charge on any atom is -0.506 e. The van der Waals surface area contributed by atoms with Crippen molar-refractivity contribution in [2.75, 3.05) is 11.6 Å². The topological polar surface area (TPSA) is 108 Å². The number of thioether (sulfide) groups is 1. The lowest BCUT2D eigenvalue weighted by atomic mass is 9.96. The summed E-state index contributed by atoms with van der Waals surface area (Å²) in [6, 6.07) is 10.5. The smallest absolute Gasteiger partial charge is 0.412 e. The predicted molar refractivity (Wildman–Crippen MR) is 123 cm³/mol. The van der Waals surface area contributed by atoms with E-state index in [1.807, 2.05) is 18.4 Å². The number of hydrogen-bond acceptors (Lipinski definition) is 6. The summed E-state index contributed by atoms with van der Waals surface area (Å²) in [5.41, 5.74) is 2.39. The number of amides is 2. The van der Waals surface area contributed by atoms with Gasteiger partial charge in [-0.3, -0.25) is 15.3 Å². The molecule has 2 aromatic rings. The van der Waals surface area contributed by atoms with Gasteiger partial charge in [-0.25, -0.2) is 10.3 Å². The lowest BCUT2D eigenvalue weighted by Gasteiger charge is -2.24. The third kappa shape index (κ3) is 6.76. The molecule has 4 N–H and O–H groups in total. The first-order valence-electron chi connectivity index (χ1n) is 8.67. The van der Waals surface area contributed by atoms with Crippen LogP contribution in [0.1, 0.15) is 18.6 Å². The Bertz CT molecular complexity index is 938. The lowest BCUT2D eigenvalue weighted by Crippen LogP contribution is -2.22. The van der Waals surface area contributed by atoms with Gasteiger partial charge in [-0.2, -0.15) is 0 Å². The van der Waals surface area contributed by atoms with Crippen LogP contribution in [0.2, 0.25) is 0 Å². The van der Waals surface area contributed by atoms with Crippen molar-refractivity contribution in [3.05, 3.63) is 63.1 Å². The van der Waals surface area contributed by atoms with Crippen LogP contribution in [0.15, 0.2) is 62.4 Å². The van der Waals surface area contributed by atoms with E-state index in [1.165, 1.54) is 11.6 Å². The van der Waals surface area contributed by atoms with Crippen LogP contribution in [-0.4, -0.2) is 28.6 Å². The highest BCUT2D eigenvalue weighted by Gasteiger charge is 2.27. The van der Waals surface area contributed by atoms with Gasteiger partial charge in [0.15, 0.2) is 0 Å². The second-order valence-corrected chi connectivity index (χ2v) is 8.85. The molecule has 0 radical (unpaired) electrons. The average molecular weight is 560 g/mol. The number of benzene rings is 2. The molecule has 2 aromatic carbocycles. The van der Waals surface area contributed by atoms with Gasteiger partial charge in [0.2, 0.25) is 0 Å². The number of rotatable bonds is 7. The molecule has 7 nitrogen and oxygen atoms in total. The van der Waals surface area contributed by atoms with Crippen molar-refractivity contribution in [2.45, 2.75) is 17.9 Å². The van der Waals surface area contributed by atoms with Crippen molar-refractivity contribution in [1.29, 1.82) is 0 Å². The van der Waals surface area contributed by atoms with Gasteiger partial charge < -0.3 is 9.84 Å². The van der Waals surface area contributed by atoms with Crippen molar-refractivity contribution < 1.29 is 24.6 Å². The van der Waals surface area contributed by atoms with Gasteiger partial charge in [-0.1, -0.05) is 28.9 Å². The van der Waals surface area contributed by atoms with Crippen LogP contribution in [0.5, 0.6) is 5.75 Å². The zero-order chi connectivity index (χ0) is 22.3. The number of hydrogen-bond donors (Lipinski definition) is 4. The van der Waals surface area contributed by atoms with Crippen LogP contribution < -0.4 is 10.8 Å². The molecule has 0 spiro atoms. The van der Waals surface area contributed by atoms with Crippen LogP contribution in [0.25, 0.3) is 0 Å². The molecule has 10 heteroatoms. The summed E-state index contributed by atoms with van der Waals surface area (Å²) in [5, 5.41) is 21.8. The van der Waals surface area contributed by atoms with Crippen LogP contribution in [0.3, 0.4) is 0 Å². The third-order valence-electron chi connectivity index (χ3n) is 4.07. The molecule has 0 fully saturated rings. The quantitative estimate of drug-likeness (QED) is 0.152. The molecule has 0 aliphatic rings. The van der Waals surface area contributed by atoms with Gasteiger partial charge in [-0.15, -0.1) is 11.8 Å². The Morgan fingerprint density at radius 3 is 2.47 bits per heavy atom. The van der Waals surface area contributed by atoms with Crippen molar-refractivity contribution in [3.8, 4) is 5.75 Å². The number of aromatic hydroxyl groups is 1. The number of ether oxygens (including phenoxy) is 1. The number of halogens is 2. The minimum atomic E-state index is -0.924. The summed E-state index contributed by atoms with van der Waals surface area (Å²) in [5.74, 6) is -1.33. The Kier molecular flexibility index (Phi) is 9.22. The molecule has 2 amide bonds. The minimum absolute atomic E-state index is 0.0906. The van der Waals surface area contributed by atoms with Crippen LogP contribution in [-0.2, 0) is 9.53 Å². The highest BCUT2D eigenvalue weighted by Crippen LogP contribution is 2.40. The number of anilines is 1. The summed E-state index contributed by atoms with van der Waals surface area (Å²) in [4.78, 5) is 24.9. The number of carbonyl (C=O) groups excluding carboxylic acids is 2. The Morgan fingerprint density at radius 1 is 1.20 bits per heavy atom. The van der Waals surface area contributed by atoms with E-state index in [9.17, 15) is 14.7 Å². The molecule has 2 atom stereocenters. The van der Waals surface area contributed by atoms with Crippen molar-refractivity contribution in [1.82, 2.24) is 5.48 Å². The summed E-state index contributed by atoms with van der Waals surface area (Å²) in [6.45, 7) is 1.71. The van der Waals surface area contributed by atoms with Crippen molar-refractivity contribution in [2.24, 2.45) is 5.92 Å². The summed E-state index contributed by atoms with van der Waals surface area (Å²) in [6.07, 6.45) is 2.89. The zero-order valence-corrected chi connectivity index (χ0v) is 20.0. The second-order valence-electron chi connectivity index (χ2n) is 6.20. The van der Waals surface area contributed by atoms with E-state index in [0.717, 1.165) is 11.0 Å². The maximum absolute atomic E-state index is 12.5. The normalized spacial score (nSPS) is 13.0. The summed E-state index contributed by atoms with van der Waals surface area (Å²) < 4.78 is 6.69. The lowest BCUT2D eigenvalue weighted by molar-refractivity contribution is -0.124. The van der Waals surface area contributed by atoms with Gasteiger partial charge in [0.1, 0.15) is 11.9 Å². The Morgan fingerprint density at radius 2 is 1.87 bits per heavy atom. The largest absolute Gasteiger partial charge is 0.506 e. The highest BCUT2D eigenvalue weighted by molar-refractivity contribution is 9.11. The molecular formula is C20H20Br2N2O5S. The Labute approximate surface area is 195 Å². The maximum Gasteiger partial charge on any atom is 0.412 e. The summed E-state index contributed by atoms with van der Waals surface area (Å²) >= 11 is 8.21. The van der Waals surface area contributed by atoms with E-state index in [2.05, 4.69) is 37.2 Å². The van der Waals surface area contributed by atoms with E-state index < -0.39 is 24.0 Å². The third-order valence-corrected chi connectivity index (χ3v) is 5.88. The van der Waals surface area contributed by atoms with Crippen LogP contribution in [0.4, 0.5) is 10.5 Å². The number of carbonyl (C=O) groups is 2. The summed E-state index contributed by atoms with van der Waals surface area (Å²) in [7, 11) is 0. The van der Waals surface area contributed by atoms with Gasteiger partial charge in [0.25, 0.3) is 5.91 Å². The van der Waals surface area contributed by atoms with Crippen LogP contribution >= 0.6 is 43.6 Å². The average Bonchev–Trinajstić information content (AvgIpc) is 2.73. The van der Waals surface area contributed by atoms with Gasteiger partial charge in [0.05, 0.1) is 4.47 Å². The molecular weight excluding hydrogens is 540 g/mol. The fourth-order valence-corrected chi connectivity index (χ4v) is 4.24. The highest BCUT2D eigenvalue weighted by atomic mass is 79.9. The Hall–Kier alpha value is -2.01. The van der Waals surface area contributed by atoms with E-state index in [4.69, 9.17) is 9.94 Å². The molecule has 0 aliphatic carbocycles. The SMILES string of the molecule is CSc1ccc(NC(=O)O[C@@H](c2cc(Br)cc(Br)c2O)[C@H](C)/C=C/C(=O)NO)cc1. The first-order chi connectivity index (χ1) is 14.2. The number of nitrogens with one attached hydrogen (secondary N) is 2. The molecule has 0 bridgehead atoms. The van der Waals surface area contributed by atoms with E-state index in [1.54, 1.807) is 43.0 Å². The molecule has 0 heterocycles. The van der Waals surface area contributed by atoms with Gasteiger partial charge in [-0.05, 0) is 58.6 Å². The Balaban J connectivity index is 2.29. The molecule has 0 saturated heterocycles. The van der Waals surface area contributed by atoms with Crippen LogP contribution in [0, 0.1) is 5.92 Å². The van der Waals surface area contributed by atoms with E-state index >= 15 is 0 Å². The van der Waals surface area contributed by atoms with E-state index in [-0.39, 0.29) is 5.75 Å². The fourth-order valence-electron chi connectivity index (χ4n) is 2.57. The number of phenolic OH excluding ortho intramolecular Hbond substituents is 1. The first kappa shape index (κ1) is 24.3. The molecule has 0 unspecified atom stereocenters. The molecule has 0 saturated carbocycles. The second kappa shape index (κ2) is 11.4. The molecule has 160 valence electrons. The van der Waals surface area contributed by atoms with Gasteiger partial charge in [0, 0.05) is 32.6 Å². The molecule has 0 aromatic heterocycles. The standard InChI is InChI=1S/C20H20Br2N2O5S/c1-11(3-8-17(25)24-28)19(15-9-12(21)10-16(22)18(15)26)29-20(27)23-13-4-6-14(30-2)7-5-13/h3-11,19,26,28H,1-2H3,(H,23,27)(H,24,25)/b8-3+/t11-,19-/m1/s1. The van der Waals surface area contributed by atoms with Crippen molar-refractivity contribution >= 4 is 61.3 Å². The molecule has 0 aliphatic heterocycles. The van der Waals surface area contributed by atoms with Crippen molar-refractivity contribution in [3.63, 3.8) is 0 Å². The monoisotopic (exact) mass is 558 g/mol. The van der Waals surface area contributed by atoms with E-state index in [0.29, 0.717) is 20.2 Å². The first-order valence-corrected chi connectivity index (χ1v) is 11.5. The molecule has 30 heavy (non-hydrogen) atoms. The fraction of sp³-hybridized carbons (Fsp3) is 0.200. The predicted octanol–water partition coefficient (Wildman–Crippen LogP) is 5.63. The van der Waals surface area contributed by atoms with Gasteiger partial charge >= 0.3 is 6.09 Å².